The maximum Gasteiger partial charge on any atom is 0.253 e. The molecule has 4 rings (SSSR count). The maximum atomic E-state index is 12.9. The first kappa shape index (κ1) is 23.1. The second-order valence-electron chi connectivity index (χ2n) is 7.68. The molecule has 0 atom stereocenters. The summed E-state index contributed by atoms with van der Waals surface area (Å²) in [5.41, 5.74) is 2.65. The van der Waals surface area contributed by atoms with Gasteiger partial charge in [0.05, 0.1) is 4.47 Å². The first-order chi connectivity index (χ1) is 15.5. The van der Waals surface area contributed by atoms with E-state index in [1.54, 1.807) is 0 Å². The van der Waals surface area contributed by atoms with Crippen LogP contribution in [0.1, 0.15) is 21.5 Å². The summed E-state index contributed by atoms with van der Waals surface area (Å²) in [7, 11) is 0. The SMILES string of the molecule is O=C(c1ccc(COc2ccccc2Br)cc1)N1CCN(Cc2c(Cl)cccc2Cl)CC1. The van der Waals surface area contributed by atoms with Gasteiger partial charge in [-0.2, -0.15) is 0 Å². The summed E-state index contributed by atoms with van der Waals surface area (Å²) in [5, 5.41) is 1.36. The minimum atomic E-state index is 0.0544. The van der Waals surface area contributed by atoms with Crippen LogP contribution in [-0.2, 0) is 13.2 Å². The van der Waals surface area contributed by atoms with Gasteiger partial charge >= 0.3 is 0 Å². The first-order valence-electron chi connectivity index (χ1n) is 10.4. The fraction of sp³-hybridized carbons (Fsp3) is 0.240. The Kier molecular flexibility index (Phi) is 7.74. The van der Waals surface area contributed by atoms with Gasteiger partial charge in [-0.05, 0) is 57.9 Å². The Labute approximate surface area is 206 Å². The van der Waals surface area contributed by atoms with Crippen LogP contribution in [0.25, 0.3) is 0 Å². The zero-order valence-electron chi connectivity index (χ0n) is 17.4. The third-order valence-electron chi connectivity index (χ3n) is 5.53. The van der Waals surface area contributed by atoms with E-state index in [2.05, 4.69) is 20.8 Å². The smallest absolute Gasteiger partial charge is 0.253 e. The van der Waals surface area contributed by atoms with Crippen molar-refractivity contribution in [3.05, 3.63) is 97.9 Å². The van der Waals surface area contributed by atoms with Crippen LogP contribution in [0.2, 0.25) is 10.0 Å². The third-order valence-corrected chi connectivity index (χ3v) is 6.90. The van der Waals surface area contributed by atoms with Crippen molar-refractivity contribution in [2.24, 2.45) is 0 Å². The van der Waals surface area contributed by atoms with Crippen molar-refractivity contribution in [2.45, 2.75) is 13.2 Å². The Morgan fingerprint density at radius 2 is 1.53 bits per heavy atom. The Bertz CT molecular complexity index is 1060. The van der Waals surface area contributed by atoms with Gasteiger partial charge in [0.1, 0.15) is 12.4 Å². The summed E-state index contributed by atoms with van der Waals surface area (Å²) in [4.78, 5) is 17.1. The summed E-state index contributed by atoms with van der Waals surface area (Å²) in [5.74, 6) is 0.849. The molecule has 0 saturated carbocycles. The number of hydrogen-bond donors (Lipinski definition) is 0. The number of carbonyl (C=O) groups excluding carboxylic acids is 1. The van der Waals surface area contributed by atoms with E-state index in [0.29, 0.717) is 41.8 Å². The van der Waals surface area contributed by atoms with Gasteiger partial charge < -0.3 is 9.64 Å². The molecule has 0 spiro atoms. The number of piperazine rings is 1. The lowest BCUT2D eigenvalue weighted by molar-refractivity contribution is 0.0628. The van der Waals surface area contributed by atoms with Gasteiger partial charge in [0.15, 0.2) is 0 Å². The predicted octanol–water partition coefficient (Wildman–Crippen LogP) is 6.29. The molecule has 0 aliphatic carbocycles. The molecule has 1 fully saturated rings. The Morgan fingerprint density at radius 1 is 0.875 bits per heavy atom. The highest BCUT2D eigenvalue weighted by molar-refractivity contribution is 9.10. The number of carbonyl (C=O) groups is 1. The van der Waals surface area contributed by atoms with Crippen molar-refractivity contribution in [3.63, 3.8) is 0 Å². The van der Waals surface area contributed by atoms with Crippen LogP contribution in [0.3, 0.4) is 0 Å². The van der Waals surface area contributed by atoms with Crippen molar-refractivity contribution in [1.29, 1.82) is 0 Å². The molecule has 1 aliphatic heterocycles. The summed E-state index contributed by atoms with van der Waals surface area (Å²) in [6.45, 7) is 4.05. The van der Waals surface area contributed by atoms with Crippen LogP contribution in [0, 0.1) is 0 Å². The van der Waals surface area contributed by atoms with Gasteiger partial charge in [0.25, 0.3) is 5.91 Å². The fourth-order valence-electron chi connectivity index (χ4n) is 3.67. The lowest BCUT2D eigenvalue weighted by atomic mass is 10.1. The number of rotatable bonds is 6. The zero-order valence-corrected chi connectivity index (χ0v) is 20.5. The predicted molar refractivity (Wildman–Crippen MR) is 133 cm³/mol. The van der Waals surface area contributed by atoms with Crippen LogP contribution in [0.5, 0.6) is 5.75 Å². The number of para-hydroxylation sites is 1. The van der Waals surface area contributed by atoms with Crippen molar-refractivity contribution in [1.82, 2.24) is 9.80 Å². The maximum absolute atomic E-state index is 12.9. The van der Waals surface area contributed by atoms with Gasteiger partial charge in [-0.1, -0.05) is 53.5 Å². The molecule has 0 N–H and O–H groups in total. The molecule has 4 nitrogen and oxygen atoms in total. The molecule has 1 amide bonds. The highest BCUT2D eigenvalue weighted by atomic mass is 79.9. The number of hydrogen-bond acceptors (Lipinski definition) is 3. The quantitative estimate of drug-likeness (QED) is 0.373. The summed E-state index contributed by atoms with van der Waals surface area (Å²) in [6, 6.07) is 20.9. The second-order valence-corrected chi connectivity index (χ2v) is 9.35. The highest BCUT2D eigenvalue weighted by Crippen LogP contribution is 2.27. The Balaban J connectivity index is 1.30. The minimum Gasteiger partial charge on any atom is -0.488 e. The van der Waals surface area contributed by atoms with Crippen molar-refractivity contribution in [3.8, 4) is 5.75 Å². The summed E-state index contributed by atoms with van der Waals surface area (Å²) >= 11 is 16.1. The van der Waals surface area contributed by atoms with Crippen molar-refractivity contribution < 1.29 is 9.53 Å². The molecule has 3 aromatic rings. The molecule has 0 aromatic heterocycles. The average molecular weight is 534 g/mol. The number of benzene rings is 3. The van der Waals surface area contributed by atoms with Crippen LogP contribution in [-0.4, -0.2) is 41.9 Å². The fourth-order valence-corrected chi connectivity index (χ4v) is 4.58. The van der Waals surface area contributed by atoms with E-state index in [-0.39, 0.29) is 5.91 Å². The van der Waals surface area contributed by atoms with E-state index in [1.807, 2.05) is 71.6 Å². The number of ether oxygens (including phenoxy) is 1. The number of halogens is 3. The van der Waals surface area contributed by atoms with Crippen molar-refractivity contribution >= 4 is 45.0 Å². The Morgan fingerprint density at radius 3 is 2.19 bits per heavy atom. The van der Waals surface area contributed by atoms with Crippen molar-refractivity contribution in [2.75, 3.05) is 26.2 Å². The monoisotopic (exact) mass is 532 g/mol. The van der Waals surface area contributed by atoms with Gasteiger partial charge in [0, 0.05) is 53.9 Å². The van der Waals surface area contributed by atoms with Crippen LogP contribution in [0.15, 0.2) is 71.2 Å². The van der Waals surface area contributed by atoms with E-state index in [4.69, 9.17) is 27.9 Å². The van der Waals surface area contributed by atoms with Gasteiger partial charge in [-0.3, -0.25) is 9.69 Å². The minimum absolute atomic E-state index is 0.0544. The molecule has 1 heterocycles. The molecule has 166 valence electrons. The molecule has 3 aromatic carbocycles. The van der Waals surface area contributed by atoms with Gasteiger partial charge in [-0.25, -0.2) is 0 Å². The largest absolute Gasteiger partial charge is 0.488 e. The van der Waals surface area contributed by atoms with E-state index in [1.165, 1.54) is 0 Å². The number of nitrogens with zero attached hydrogens (tertiary/aromatic N) is 2. The van der Waals surface area contributed by atoms with E-state index >= 15 is 0 Å². The zero-order chi connectivity index (χ0) is 22.5. The standard InChI is InChI=1S/C25H23BrCl2N2O2/c26-21-4-1-2-7-24(21)32-17-18-8-10-19(11-9-18)25(31)30-14-12-29(13-15-30)16-20-22(27)5-3-6-23(20)28/h1-11H,12-17H2. The first-order valence-corrected chi connectivity index (χ1v) is 12.0. The molecule has 1 aliphatic rings. The van der Waals surface area contributed by atoms with E-state index in [9.17, 15) is 4.79 Å². The van der Waals surface area contributed by atoms with E-state index in [0.717, 1.165) is 34.4 Å². The molecule has 0 radical (unpaired) electrons. The summed E-state index contributed by atoms with van der Waals surface area (Å²) in [6.07, 6.45) is 0. The van der Waals surface area contributed by atoms with Gasteiger partial charge in [0.2, 0.25) is 0 Å². The van der Waals surface area contributed by atoms with Crippen LogP contribution >= 0.6 is 39.1 Å². The van der Waals surface area contributed by atoms with Crippen LogP contribution < -0.4 is 4.74 Å². The third kappa shape index (κ3) is 5.65. The molecule has 7 heteroatoms. The lowest BCUT2D eigenvalue weighted by Gasteiger charge is -2.35. The second kappa shape index (κ2) is 10.7. The molecule has 1 saturated heterocycles. The summed E-state index contributed by atoms with van der Waals surface area (Å²) < 4.78 is 6.77. The number of amides is 1. The molecule has 0 bridgehead atoms. The Hall–Kier alpha value is -2.05. The molecule has 0 unspecified atom stereocenters. The molecule has 32 heavy (non-hydrogen) atoms. The lowest BCUT2D eigenvalue weighted by Crippen LogP contribution is -2.48. The average Bonchev–Trinajstić information content (AvgIpc) is 2.81. The normalized spacial score (nSPS) is 14.4. The van der Waals surface area contributed by atoms with Crippen LogP contribution in [0.4, 0.5) is 0 Å². The molecular formula is C25H23BrCl2N2O2. The van der Waals surface area contributed by atoms with Gasteiger partial charge in [-0.15, -0.1) is 0 Å². The highest BCUT2D eigenvalue weighted by Gasteiger charge is 2.23. The topological polar surface area (TPSA) is 32.8 Å². The van der Waals surface area contributed by atoms with E-state index < -0.39 is 0 Å². The molecular weight excluding hydrogens is 511 g/mol.